The second-order valence-electron chi connectivity index (χ2n) is 6.32. The number of aryl methyl sites for hydroxylation is 2. The maximum Gasteiger partial charge on any atom is 0.239 e. The number of hydrogen-bond acceptors (Lipinski definition) is 2. The predicted octanol–water partition coefficient (Wildman–Crippen LogP) is 2.97. The first-order valence-corrected chi connectivity index (χ1v) is 8.26. The van der Waals surface area contributed by atoms with Crippen LogP contribution in [-0.4, -0.2) is 18.4 Å². The van der Waals surface area contributed by atoms with Gasteiger partial charge in [-0.05, 0) is 37.5 Å². The minimum atomic E-state index is -0.589. The smallest absolute Gasteiger partial charge is 0.239 e. The third kappa shape index (κ3) is 3.32. The molecule has 0 unspecified atom stereocenters. The normalized spacial score (nSPS) is 17.2. The standard InChI is InChI=1S/C20H22N2O2/c1-14-6-5-8-16(12-14)13-21-19(23)17-10-11-22(20(17)24)18-9-4-3-7-15(18)2/h3-9,12,17H,10-11,13H2,1-2H3,(H,21,23)/t17-/m1/s1. The summed E-state index contributed by atoms with van der Waals surface area (Å²) in [7, 11) is 0. The van der Waals surface area contributed by atoms with Gasteiger partial charge in [-0.25, -0.2) is 0 Å². The van der Waals surface area contributed by atoms with E-state index in [9.17, 15) is 9.59 Å². The molecule has 1 atom stereocenters. The fourth-order valence-corrected chi connectivity index (χ4v) is 3.16. The summed E-state index contributed by atoms with van der Waals surface area (Å²) in [5.41, 5.74) is 4.15. The van der Waals surface area contributed by atoms with E-state index in [2.05, 4.69) is 5.32 Å². The van der Waals surface area contributed by atoms with E-state index in [0.29, 0.717) is 19.5 Å². The maximum atomic E-state index is 12.6. The Morgan fingerprint density at radius 3 is 2.71 bits per heavy atom. The number of nitrogens with zero attached hydrogens (tertiary/aromatic N) is 1. The van der Waals surface area contributed by atoms with Crippen molar-refractivity contribution in [3.63, 3.8) is 0 Å². The molecule has 2 aromatic carbocycles. The van der Waals surface area contributed by atoms with Crippen LogP contribution in [0, 0.1) is 19.8 Å². The molecule has 24 heavy (non-hydrogen) atoms. The molecule has 4 heteroatoms. The van der Waals surface area contributed by atoms with Crippen LogP contribution >= 0.6 is 0 Å². The Hall–Kier alpha value is -2.62. The van der Waals surface area contributed by atoms with Crippen molar-refractivity contribution in [2.24, 2.45) is 5.92 Å². The van der Waals surface area contributed by atoms with Crippen LogP contribution in [0.25, 0.3) is 0 Å². The quantitative estimate of drug-likeness (QED) is 0.880. The van der Waals surface area contributed by atoms with Gasteiger partial charge in [0.05, 0.1) is 0 Å². The third-order valence-electron chi connectivity index (χ3n) is 4.48. The lowest BCUT2D eigenvalue weighted by Gasteiger charge is -2.19. The van der Waals surface area contributed by atoms with Gasteiger partial charge in [0.15, 0.2) is 0 Å². The Balaban J connectivity index is 1.64. The first-order valence-electron chi connectivity index (χ1n) is 8.26. The van der Waals surface area contributed by atoms with Crippen molar-refractivity contribution >= 4 is 17.5 Å². The van der Waals surface area contributed by atoms with Crippen LogP contribution < -0.4 is 10.2 Å². The van der Waals surface area contributed by atoms with E-state index < -0.39 is 5.92 Å². The van der Waals surface area contributed by atoms with E-state index in [1.54, 1.807) is 4.90 Å². The summed E-state index contributed by atoms with van der Waals surface area (Å²) in [6, 6.07) is 15.8. The number of hydrogen-bond donors (Lipinski definition) is 1. The van der Waals surface area contributed by atoms with Crippen molar-refractivity contribution in [2.75, 3.05) is 11.4 Å². The number of para-hydroxylation sites is 1. The second-order valence-corrected chi connectivity index (χ2v) is 6.32. The fraction of sp³-hybridized carbons (Fsp3) is 0.300. The zero-order valence-corrected chi connectivity index (χ0v) is 14.1. The number of rotatable bonds is 4. The highest BCUT2D eigenvalue weighted by Crippen LogP contribution is 2.27. The van der Waals surface area contributed by atoms with Crippen LogP contribution in [0.3, 0.4) is 0 Å². The molecule has 0 radical (unpaired) electrons. The average Bonchev–Trinajstić information content (AvgIpc) is 2.95. The van der Waals surface area contributed by atoms with Gasteiger partial charge >= 0.3 is 0 Å². The van der Waals surface area contributed by atoms with Gasteiger partial charge < -0.3 is 10.2 Å². The first kappa shape index (κ1) is 16.2. The Labute approximate surface area is 142 Å². The van der Waals surface area contributed by atoms with E-state index in [4.69, 9.17) is 0 Å². The van der Waals surface area contributed by atoms with Crippen LogP contribution in [0.5, 0.6) is 0 Å². The Kier molecular flexibility index (Phi) is 4.65. The SMILES string of the molecule is Cc1cccc(CNC(=O)[C@H]2CCN(c3ccccc3C)C2=O)c1. The van der Waals surface area contributed by atoms with Crippen LogP contribution in [0.15, 0.2) is 48.5 Å². The summed E-state index contributed by atoms with van der Waals surface area (Å²) in [6.45, 7) is 5.04. The number of benzene rings is 2. The van der Waals surface area contributed by atoms with Crippen molar-refractivity contribution in [3.8, 4) is 0 Å². The molecule has 1 aliphatic rings. The molecular weight excluding hydrogens is 300 g/mol. The fourth-order valence-electron chi connectivity index (χ4n) is 3.16. The molecule has 1 fully saturated rings. The maximum absolute atomic E-state index is 12.6. The minimum absolute atomic E-state index is 0.106. The van der Waals surface area contributed by atoms with Crippen LogP contribution in [0.2, 0.25) is 0 Å². The van der Waals surface area contributed by atoms with Crippen molar-refractivity contribution in [1.29, 1.82) is 0 Å². The van der Waals surface area contributed by atoms with E-state index in [-0.39, 0.29) is 11.8 Å². The molecular formula is C20H22N2O2. The summed E-state index contributed by atoms with van der Waals surface area (Å²) >= 11 is 0. The lowest BCUT2D eigenvalue weighted by atomic mass is 10.1. The van der Waals surface area contributed by atoms with Crippen molar-refractivity contribution < 1.29 is 9.59 Å². The molecule has 124 valence electrons. The summed E-state index contributed by atoms with van der Waals surface area (Å²) in [6.07, 6.45) is 0.562. The summed E-state index contributed by atoms with van der Waals surface area (Å²) < 4.78 is 0. The first-order chi connectivity index (χ1) is 11.6. The molecule has 0 bridgehead atoms. The van der Waals surface area contributed by atoms with Gasteiger partial charge in [0.1, 0.15) is 5.92 Å². The van der Waals surface area contributed by atoms with Crippen LogP contribution in [0.1, 0.15) is 23.1 Å². The third-order valence-corrected chi connectivity index (χ3v) is 4.48. The monoisotopic (exact) mass is 322 g/mol. The molecule has 2 amide bonds. The Morgan fingerprint density at radius 2 is 1.96 bits per heavy atom. The zero-order valence-electron chi connectivity index (χ0n) is 14.1. The summed E-state index contributed by atoms with van der Waals surface area (Å²) in [5, 5.41) is 2.90. The minimum Gasteiger partial charge on any atom is -0.351 e. The van der Waals surface area contributed by atoms with Gasteiger partial charge in [0.25, 0.3) is 0 Å². The van der Waals surface area contributed by atoms with Gasteiger partial charge in [-0.3, -0.25) is 9.59 Å². The summed E-state index contributed by atoms with van der Waals surface area (Å²) in [4.78, 5) is 26.8. The van der Waals surface area contributed by atoms with E-state index in [1.165, 1.54) is 0 Å². The highest BCUT2D eigenvalue weighted by molar-refractivity contribution is 6.09. The molecule has 3 rings (SSSR count). The number of carbonyl (C=O) groups is 2. The molecule has 1 N–H and O–H groups in total. The van der Waals surface area contributed by atoms with E-state index >= 15 is 0 Å². The van der Waals surface area contributed by atoms with E-state index in [0.717, 1.165) is 22.4 Å². The predicted molar refractivity (Wildman–Crippen MR) is 94.7 cm³/mol. The number of amides is 2. The average molecular weight is 322 g/mol. The second kappa shape index (κ2) is 6.87. The number of nitrogens with one attached hydrogen (secondary N) is 1. The largest absolute Gasteiger partial charge is 0.351 e. The molecule has 2 aromatic rings. The Bertz CT molecular complexity index is 770. The van der Waals surface area contributed by atoms with Crippen molar-refractivity contribution in [1.82, 2.24) is 5.32 Å². The van der Waals surface area contributed by atoms with E-state index in [1.807, 2.05) is 62.4 Å². The van der Waals surface area contributed by atoms with Gasteiger partial charge in [-0.2, -0.15) is 0 Å². The molecule has 0 saturated carbocycles. The lowest BCUT2D eigenvalue weighted by Crippen LogP contribution is -2.36. The summed E-state index contributed by atoms with van der Waals surface area (Å²) in [5.74, 6) is -0.877. The van der Waals surface area contributed by atoms with Crippen LogP contribution in [0.4, 0.5) is 5.69 Å². The Morgan fingerprint density at radius 1 is 1.17 bits per heavy atom. The van der Waals surface area contributed by atoms with Gasteiger partial charge in [-0.15, -0.1) is 0 Å². The van der Waals surface area contributed by atoms with Gasteiger partial charge in [0, 0.05) is 18.8 Å². The molecule has 1 heterocycles. The van der Waals surface area contributed by atoms with Gasteiger partial charge in [0.2, 0.25) is 11.8 Å². The number of anilines is 1. The highest BCUT2D eigenvalue weighted by atomic mass is 16.2. The molecule has 4 nitrogen and oxygen atoms in total. The molecule has 1 saturated heterocycles. The topological polar surface area (TPSA) is 49.4 Å². The number of carbonyl (C=O) groups excluding carboxylic acids is 2. The molecule has 0 aliphatic carbocycles. The highest BCUT2D eigenvalue weighted by Gasteiger charge is 2.37. The van der Waals surface area contributed by atoms with Crippen molar-refractivity contribution in [2.45, 2.75) is 26.8 Å². The van der Waals surface area contributed by atoms with Crippen LogP contribution in [-0.2, 0) is 16.1 Å². The lowest BCUT2D eigenvalue weighted by molar-refractivity contribution is -0.132. The van der Waals surface area contributed by atoms with Crippen molar-refractivity contribution in [3.05, 3.63) is 65.2 Å². The van der Waals surface area contributed by atoms with Gasteiger partial charge in [-0.1, -0.05) is 48.0 Å². The molecule has 0 spiro atoms. The molecule has 1 aliphatic heterocycles. The zero-order chi connectivity index (χ0) is 17.1. The molecule has 0 aromatic heterocycles.